The topological polar surface area (TPSA) is 59.2 Å². The molecule has 0 aliphatic heterocycles. The summed E-state index contributed by atoms with van der Waals surface area (Å²) in [6.45, 7) is 5.66. The third-order valence-corrected chi connectivity index (χ3v) is 2.85. The lowest BCUT2D eigenvalue weighted by Gasteiger charge is -2.23. The first-order valence-electron chi connectivity index (χ1n) is 5.69. The van der Waals surface area contributed by atoms with E-state index in [1.165, 1.54) is 0 Å². The summed E-state index contributed by atoms with van der Waals surface area (Å²) in [5.41, 5.74) is 6.07. The number of hydrogen-bond donors (Lipinski definition) is 1. The van der Waals surface area contributed by atoms with Crippen LogP contribution >= 0.6 is 23.2 Å². The van der Waals surface area contributed by atoms with Crippen molar-refractivity contribution >= 4 is 29.1 Å². The molecule has 0 saturated carbocycles. The monoisotopic (exact) mass is 289 g/mol. The van der Waals surface area contributed by atoms with E-state index in [4.69, 9.17) is 28.9 Å². The van der Waals surface area contributed by atoms with Crippen molar-refractivity contribution in [3.63, 3.8) is 0 Å². The van der Waals surface area contributed by atoms with Gasteiger partial charge in [-0.05, 0) is 12.0 Å². The first kappa shape index (κ1) is 15.2. The highest BCUT2D eigenvalue weighted by atomic mass is 35.5. The number of halogens is 2. The highest BCUT2D eigenvalue weighted by Crippen LogP contribution is 2.20. The first-order chi connectivity index (χ1) is 8.38. The molecule has 0 unspecified atom stereocenters. The quantitative estimate of drug-likeness (QED) is 0.818. The Bertz CT molecular complexity index is 424. The molecule has 100 valence electrons. The molecular weight excluding hydrogens is 273 g/mol. The molecular formula is C12H17Cl2N3O. The lowest BCUT2D eigenvalue weighted by Crippen LogP contribution is -2.35. The maximum atomic E-state index is 11.0. The lowest BCUT2D eigenvalue weighted by atomic mass is 10.2. The van der Waals surface area contributed by atoms with Crippen molar-refractivity contribution in [2.75, 3.05) is 13.1 Å². The van der Waals surface area contributed by atoms with E-state index in [1.54, 1.807) is 12.3 Å². The van der Waals surface area contributed by atoms with Crippen LogP contribution in [0.2, 0.25) is 10.2 Å². The number of amides is 1. The Morgan fingerprint density at radius 3 is 2.67 bits per heavy atom. The van der Waals surface area contributed by atoms with E-state index in [0.29, 0.717) is 22.6 Å². The maximum absolute atomic E-state index is 11.0. The summed E-state index contributed by atoms with van der Waals surface area (Å²) in [5, 5.41) is 0.905. The van der Waals surface area contributed by atoms with Crippen LogP contribution in [0.4, 0.5) is 0 Å². The minimum absolute atomic E-state index is 0.205. The van der Waals surface area contributed by atoms with Gasteiger partial charge in [0.1, 0.15) is 5.15 Å². The van der Waals surface area contributed by atoms with E-state index in [9.17, 15) is 4.79 Å². The molecule has 0 aliphatic carbocycles. The van der Waals surface area contributed by atoms with Gasteiger partial charge in [0.2, 0.25) is 5.91 Å². The van der Waals surface area contributed by atoms with Gasteiger partial charge < -0.3 is 5.73 Å². The van der Waals surface area contributed by atoms with E-state index in [-0.39, 0.29) is 12.5 Å². The molecule has 0 bridgehead atoms. The maximum Gasteiger partial charge on any atom is 0.231 e. The molecule has 1 heterocycles. The van der Waals surface area contributed by atoms with Crippen LogP contribution in [0.3, 0.4) is 0 Å². The summed E-state index contributed by atoms with van der Waals surface area (Å²) in [6, 6.07) is 1.59. The molecule has 1 aromatic heterocycles. The number of hydrogen-bond acceptors (Lipinski definition) is 3. The summed E-state index contributed by atoms with van der Waals surface area (Å²) in [7, 11) is 0. The Kier molecular flexibility index (Phi) is 5.85. The van der Waals surface area contributed by atoms with Crippen LogP contribution in [-0.4, -0.2) is 28.9 Å². The van der Waals surface area contributed by atoms with Gasteiger partial charge in [-0.25, -0.2) is 4.98 Å². The smallest absolute Gasteiger partial charge is 0.231 e. The number of aromatic nitrogens is 1. The Balaban J connectivity index is 2.78. The minimum Gasteiger partial charge on any atom is -0.369 e. The second-order valence-electron chi connectivity index (χ2n) is 4.63. The van der Waals surface area contributed by atoms with Crippen molar-refractivity contribution in [1.29, 1.82) is 0 Å². The Morgan fingerprint density at radius 1 is 1.50 bits per heavy atom. The van der Waals surface area contributed by atoms with Gasteiger partial charge in [-0.2, -0.15) is 0 Å². The van der Waals surface area contributed by atoms with Gasteiger partial charge in [-0.15, -0.1) is 0 Å². The number of nitrogens with two attached hydrogens (primary N) is 1. The van der Waals surface area contributed by atoms with Crippen molar-refractivity contribution in [3.05, 3.63) is 28.0 Å². The molecule has 0 radical (unpaired) electrons. The average Bonchev–Trinajstić information content (AvgIpc) is 2.20. The third kappa shape index (κ3) is 5.21. The standard InChI is InChI=1S/C12H17Cl2N3O/c1-8(2)5-17(7-12(15)18)6-9-4-16-11(14)3-10(9)13/h3-4,8H,5-7H2,1-2H3,(H2,15,18). The molecule has 1 rings (SSSR count). The summed E-state index contributed by atoms with van der Waals surface area (Å²) in [6.07, 6.45) is 1.62. The Hall–Kier alpha value is -0.840. The second-order valence-corrected chi connectivity index (χ2v) is 5.42. The van der Waals surface area contributed by atoms with Crippen molar-refractivity contribution in [2.45, 2.75) is 20.4 Å². The number of rotatable bonds is 6. The summed E-state index contributed by atoms with van der Waals surface area (Å²) < 4.78 is 0. The summed E-state index contributed by atoms with van der Waals surface area (Å²) in [5.74, 6) is 0.0806. The van der Waals surface area contributed by atoms with Crippen LogP contribution in [-0.2, 0) is 11.3 Å². The van der Waals surface area contributed by atoms with E-state index >= 15 is 0 Å². The summed E-state index contributed by atoms with van der Waals surface area (Å²) >= 11 is 11.8. The molecule has 0 aliphatic rings. The Labute approximate surface area is 117 Å². The van der Waals surface area contributed by atoms with Crippen molar-refractivity contribution < 1.29 is 4.79 Å². The predicted molar refractivity (Wildman–Crippen MR) is 73.6 cm³/mol. The van der Waals surface area contributed by atoms with Crippen molar-refractivity contribution in [3.8, 4) is 0 Å². The van der Waals surface area contributed by atoms with Crippen LogP contribution < -0.4 is 5.73 Å². The zero-order valence-electron chi connectivity index (χ0n) is 10.5. The SMILES string of the molecule is CC(C)CN(CC(N)=O)Cc1cnc(Cl)cc1Cl. The number of primary amides is 1. The molecule has 18 heavy (non-hydrogen) atoms. The third-order valence-electron chi connectivity index (χ3n) is 2.29. The van der Waals surface area contributed by atoms with Crippen LogP contribution in [0, 0.1) is 5.92 Å². The van der Waals surface area contributed by atoms with E-state index in [2.05, 4.69) is 18.8 Å². The molecule has 0 aromatic carbocycles. The second kappa shape index (κ2) is 6.92. The molecule has 1 amide bonds. The fourth-order valence-electron chi connectivity index (χ4n) is 1.71. The van der Waals surface area contributed by atoms with Gasteiger partial charge >= 0.3 is 0 Å². The molecule has 0 spiro atoms. The van der Waals surface area contributed by atoms with Crippen molar-refractivity contribution in [2.24, 2.45) is 11.7 Å². The van der Waals surface area contributed by atoms with E-state index in [0.717, 1.165) is 12.1 Å². The number of carbonyl (C=O) groups is 1. The zero-order valence-corrected chi connectivity index (χ0v) is 12.0. The van der Waals surface area contributed by atoms with Gasteiger partial charge in [0.05, 0.1) is 6.54 Å². The first-order valence-corrected chi connectivity index (χ1v) is 6.44. The highest BCUT2D eigenvalue weighted by Gasteiger charge is 2.13. The minimum atomic E-state index is -0.353. The molecule has 0 saturated heterocycles. The Morgan fingerprint density at radius 2 is 2.17 bits per heavy atom. The summed E-state index contributed by atoms with van der Waals surface area (Å²) in [4.78, 5) is 17.0. The average molecular weight is 290 g/mol. The van der Waals surface area contributed by atoms with Crippen molar-refractivity contribution in [1.82, 2.24) is 9.88 Å². The van der Waals surface area contributed by atoms with Gasteiger partial charge in [0.25, 0.3) is 0 Å². The normalized spacial score (nSPS) is 11.2. The fraction of sp³-hybridized carbons (Fsp3) is 0.500. The van der Waals surface area contributed by atoms with Crippen LogP contribution in [0.5, 0.6) is 0 Å². The zero-order chi connectivity index (χ0) is 13.7. The number of carbonyl (C=O) groups excluding carboxylic acids is 1. The van der Waals surface area contributed by atoms with Crippen LogP contribution in [0.1, 0.15) is 19.4 Å². The van der Waals surface area contributed by atoms with Gasteiger partial charge in [-0.3, -0.25) is 9.69 Å². The molecule has 0 atom stereocenters. The molecule has 0 fully saturated rings. The molecule has 1 aromatic rings. The number of pyridine rings is 1. The van der Waals surface area contributed by atoms with Gasteiger partial charge in [0.15, 0.2) is 0 Å². The number of nitrogens with zero attached hydrogens (tertiary/aromatic N) is 2. The lowest BCUT2D eigenvalue weighted by molar-refractivity contribution is -0.119. The largest absolute Gasteiger partial charge is 0.369 e. The van der Waals surface area contributed by atoms with Crippen LogP contribution in [0.15, 0.2) is 12.3 Å². The predicted octanol–water partition coefficient (Wildman–Crippen LogP) is 2.33. The molecule has 2 N–H and O–H groups in total. The molecule has 6 heteroatoms. The van der Waals surface area contributed by atoms with E-state index < -0.39 is 0 Å². The molecule has 4 nitrogen and oxygen atoms in total. The van der Waals surface area contributed by atoms with Crippen LogP contribution in [0.25, 0.3) is 0 Å². The highest BCUT2D eigenvalue weighted by molar-refractivity contribution is 6.34. The van der Waals surface area contributed by atoms with Gasteiger partial charge in [-0.1, -0.05) is 37.0 Å². The fourth-order valence-corrected chi connectivity index (χ4v) is 2.14. The van der Waals surface area contributed by atoms with E-state index in [1.807, 2.05) is 4.90 Å². The van der Waals surface area contributed by atoms with Gasteiger partial charge in [0, 0.05) is 29.9 Å².